The van der Waals surface area contributed by atoms with Crippen LogP contribution in [0.25, 0.3) is 0 Å². The highest BCUT2D eigenvalue weighted by Gasteiger charge is 2.51. The quantitative estimate of drug-likeness (QED) is 0.726. The van der Waals surface area contributed by atoms with Gasteiger partial charge in [0.2, 0.25) is 21.8 Å². The monoisotopic (exact) mass is 463 g/mol. The predicted octanol–water partition coefficient (Wildman–Crippen LogP) is 3.29. The number of hydrogen-bond donors (Lipinski definition) is 1. The average molecular weight is 464 g/mol. The summed E-state index contributed by atoms with van der Waals surface area (Å²) in [5.74, 6) is -0.773. The van der Waals surface area contributed by atoms with Crippen molar-refractivity contribution in [3.8, 4) is 0 Å². The van der Waals surface area contributed by atoms with Gasteiger partial charge in [-0.1, -0.05) is 38.2 Å². The molecule has 1 aliphatic heterocycles. The van der Waals surface area contributed by atoms with Gasteiger partial charge < -0.3 is 5.32 Å². The Labute approximate surface area is 192 Å². The summed E-state index contributed by atoms with van der Waals surface area (Å²) in [6.07, 6.45) is 7.53. The van der Waals surface area contributed by atoms with Gasteiger partial charge in [-0.15, -0.1) is 0 Å². The van der Waals surface area contributed by atoms with Gasteiger partial charge in [0.1, 0.15) is 5.54 Å². The third-order valence-corrected chi connectivity index (χ3v) is 8.47. The molecule has 3 rings (SSSR count). The Kier molecular flexibility index (Phi) is 7.65. The van der Waals surface area contributed by atoms with E-state index in [-0.39, 0.29) is 36.7 Å². The van der Waals surface area contributed by atoms with E-state index in [1.807, 2.05) is 32.0 Å². The Bertz CT molecular complexity index is 934. The van der Waals surface area contributed by atoms with Crippen LogP contribution >= 0.6 is 0 Å². The maximum Gasteiger partial charge on any atom is 0.247 e. The van der Waals surface area contributed by atoms with E-state index in [4.69, 9.17) is 0 Å². The Hall–Kier alpha value is -1.93. The second-order valence-electron chi connectivity index (χ2n) is 9.53. The smallest absolute Gasteiger partial charge is 0.247 e. The van der Waals surface area contributed by atoms with Crippen LogP contribution in [0.15, 0.2) is 18.2 Å². The van der Waals surface area contributed by atoms with Crippen molar-refractivity contribution in [1.82, 2.24) is 9.62 Å². The number of aryl methyl sites for hydroxylation is 2. The molecule has 1 heterocycles. The number of carbonyl (C=O) groups is 2. The Balaban J connectivity index is 1.98. The lowest BCUT2D eigenvalue weighted by atomic mass is 9.91. The summed E-state index contributed by atoms with van der Waals surface area (Å²) < 4.78 is 26.5. The maximum atomic E-state index is 13.7. The average Bonchev–Trinajstić information content (AvgIpc) is 2.68. The zero-order chi connectivity index (χ0) is 23.5. The molecule has 1 saturated carbocycles. The van der Waals surface area contributed by atoms with E-state index < -0.39 is 15.6 Å². The SMILES string of the molecule is CCS(=O)(=O)N1CC(=O)N(c2cc(C)cc(C)c2)[C@@](C)(C(=O)NC2CCCCCCC2)C1. The summed E-state index contributed by atoms with van der Waals surface area (Å²) in [6.45, 7) is 6.84. The number of anilines is 1. The van der Waals surface area contributed by atoms with Gasteiger partial charge in [0, 0.05) is 18.3 Å². The molecule has 0 spiro atoms. The number of piperazine rings is 1. The minimum atomic E-state index is -3.62. The number of sulfonamides is 1. The fraction of sp³-hybridized carbons (Fsp3) is 0.667. The lowest BCUT2D eigenvalue weighted by molar-refractivity contribution is -0.133. The molecule has 0 aromatic heterocycles. The zero-order valence-electron chi connectivity index (χ0n) is 19.8. The van der Waals surface area contributed by atoms with Crippen LogP contribution in [0.2, 0.25) is 0 Å². The van der Waals surface area contributed by atoms with Gasteiger partial charge in [0.25, 0.3) is 0 Å². The number of rotatable bonds is 5. The molecular weight excluding hydrogens is 426 g/mol. The second-order valence-corrected chi connectivity index (χ2v) is 11.8. The number of nitrogens with one attached hydrogen (secondary N) is 1. The van der Waals surface area contributed by atoms with Gasteiger partial charge in [-0.05, 0) is 63.8 Å². The summed E-state index contributed by atoms with van der Waals surface area (Å²) in [5, 5.41) is 3.18. The summed E-state index contributed by atoms with van der Waals surface area (Å²) in [6, 6.07) is 5.83. The highest BCUT2D eigenvalue weighted by molar-refractivity contribution is 7.89. The van der Waals surface area contributed by atoms with Gasteiger partial charge in [0.05, 0.1) is 12.3 Å². The van der Waals surface area contributed by atoms with Crippen LogP contribution in [-0.4, -0.2) is 55.0 Å². The van der Waals surface area contributed by atoms with Gasteiger partial charge in [0.15, 0.2) is 0 Å². The molecule has 0 radical (unpaired) electrons. The molecule has 178 valence electrons. The first-order valence-electron chi connectivity index (χ1n) is 11.8. The van der Waals surface area contributed by atoms with Crippen LogP contribution in [0.4, 0.5) is 5.69 Å². The Morgan fingerprint density at radius 3 is 2.19 bits per heavy atom. The molecule has 0 unspecified atom stereocenters. The Morgan fingerprint density at radius 2 is 1.62 bits per heavy atom. The van der Waals surface area contributed by atoms with Crippen molar-refractivity contribution < 1.29 is 18.0 Å². The molecule has 2 fully saturated rings. The van der Waals surface area contributed by atoms with Gasteiger partial charge >= 0.3 is 0 Å². The first-order valence-corrected chi connectivity index (χ1v) is 13.4. The molecule has 1 aromatic carbocycles. The molecule has 0 bridgehead atoms. The lowest BCUT2D eigenvalue weighted by Gasteiger charge is -2.47. The molecule has 1 aliphatic carbocycles. The van der Waals surface area contributed by atoms with E-state index in [0.717, 1.165) is 36.8 Å². The summed E-state index contributed by atoms with van der Waals surface area (Å²) in [7, 11) is -3.62. The van der Waals surface area contributed by atoms with E-state index in [1.54, 1.807) is 13.8 Å². The summed E-state index contributed by atoms with van der Waals surface area (Å²) >= 11 is 0. The topological polar surface area (TPSA) is 86.8 Å². The molecule has 2 aliphatic rings. The van der Waals surface area contributed by atoms with Crippen LogP contribution < -0.4 is 10.2 Å². The third kappa shape index (κ3) is 5.34. The molecule has 1 aromatic rings. The minimum absolute atomic E-state index is 0.0500. The van der Waals surface area contributed by atoms with Crippen molar-refractivity contribution in [2.24, 2.45) is 0 Å². The Morgan fingerprint density at radius 1 is 1.06 bits per heavy atom. The number of carbonyl (C=O) groups excluding carboxylic acids is 2. The van der Waals surface area contributed by atoms with Crippen molar-refractivity contribution in [1.29, 1.82) is 0 Å². The fourth-order valence-electron chi connectivity index (χ4n) is 4.97. The van der Waals surface area contributed by atoms with Crippen molar-refractivity contribution in [2.75, 3.05) is 23.7 Å². The van der Waals surface area contributed by atoms with Gasteiger partial charge in [-0.2, -0.15) is 4.31 Å². The zero-order valence-corrected chi connectivity index (χ0v) is 20.6. The standard InChI is InChI=1S/C24H37N3O4S/c1-5-32(30,31)26-16-22(28)27(21-14-18(2)13-19(3)15-21)24(4,17-26)23(29)25-20-11-9-7-6-8-10-12-20/h13-15,20H,5-12,16-17H2,1-4H3,(H,25,29)/t24-/m1/s1. The second kappa shape index (κ2) is 9.91. The largest absolute Gasteiger partial charge is 0.351 e. The molecule has 8 heteroatoms. The maximum absolute atomic E-state index is 13.7. The predicted molar refractivity (Wildman–Crippen MR) is 127 cm³/mol. The van der Waals surface area contributed by atoms with Gasteiger partial charge in [-0.25, -0.2) is 8.42 Å². The van der Waals surface area contributed by atoms with Crippen LogP contribution in [-0.2, 0) is 19.6 Å². The molecule has 1 atom stereocenters. The number of hydrogen-bond acceptors (Lipinski definition) is 4. The highest BCUT2D eigenvalue weighted by atomic mass is 32.2. The molecular formula is C24H37N3O4S. The van der Waals surface area contributed by atoms with Gasteiger partial charge in [-0.3, -0.25) is 14.5 Å². The highest BCUT2D eigenvalue weighted by Crippen LogP contribution is 2.32. The van der Waals surface area contributed by atoms with Crippen molar-refractivity contribution in [2.45, 2.75) is 84.2 Å². The van der Waals surface area contributed by atoms with E-state index >= 15 is 0 Å². The van der Waals surface area contributed by atoms with Crippen LogP contribution in [0.3, 0.4) is 0 Å². The minimum Gasteiger partial charge on any atom is -0.351 e. The summed E-state index contributed by atoms with van der Waals surface area (Å²) in [4.78, 5) is 28.6. The third-order valence-electron chi connectivity index (χ3n) is 6.69. The summed E-state index contributed by atoms with van der Waals surface area (Å²) in [5.41, 5.74) is 1.27. The van der Waals surface area contributed by atoms with Crippen molar-refractivity contribution in [3.05, 3.63) is 29.3 Å². The number of nitrogens with zero attached hydrogens (tertiary/aromatic N) is 2. The molecule has 32 heavy (non-hydrogen) atoms. The van der Waals surface area contributed by atoms with Crippen molar-refractivity contribution in [3.63, 3.8) is 0 Å². The van der Waals surface area contributed by atoms with Crippen LogP contribution in [0.5, 0.6) is 0 Å². The lowest BCUT2D eigenvalue weighted by Crippen LogP contribution is -2.71. The number of benzene rings is 1. The molecule has 2 amide bonds. The van der Waals surface area contributed by atoms with E-state index in [1.165, 1.54) is 28.5 Å². The first-order chi connectivity index (χ1) is 15.1. The van der Waals surface area contributed by atoms with Crippen LogP contribution in [0, 0.1) is 13.8 Å². The normalized spacial score (nSPS) is 24.1. The fourth-order valence-corrected chi connectivity index (χ4v) is 6.09. The van der Waals surface area contributed by atoms with Crippen molar-refractivity contribution >= 4 is 27.5 Å². The molecule has 1 saturated heterocycles. The first kappa shape index (κ1) is 24.7. The van der Waals surface area contributed by atoms with Crippen LogP contribution in [0.1, 0.15) is 69.9 Å². The molecule has 1 N–H and O–H groups in total. The molecule has 7 nitrogen and oxygen atoms in total. The number of amides is 2. The van der Waals surface area contributed by atoms with E-state index in [0.29, 0.717) is 5.69 Å². The van der Waals surface area contributed by atoms with E-state index in [9.17, 15) is 18.0 Å². The van der Waals surface area contributed by atoms with E-state index in [2.05, 4.69) is 5.32 Å².